The highest BCUT2D eigenvalue weighted by Gasteiger charge is 2.17. The number of rotatable bonds is 8. The number of carbonyl (C=O) groups excluding carboxylic acids is 1. The van der Waals surface area contributed by atoms with Crippen molar-refractivity contribution in [1.29, 1.82) is 0 Å². The third-order valence-electron chi connectivity index (χ3n) is 4.74. The Bertz CT molecular complexity index is 651. The molecule has 1 aliphatic heterocycles. The fourth-order valence-electron chi connectivity index (χ4n) is 3.23. The van der Waals surface area contributed by atoms with Gasteiger partial charge < -0.3 is 20.7 Å². The van der Waals surface area contributed by atoms with Gasteiger partial charge in [-0.25, -0.2) is 4.79 Å². The molecular weight excluding hydrogens is 380 g/mol. The number of benzene rings is 1. The molecule has 3 N–H and O–H groups in total. The molecule has 8 nitrogen and oxygen atoms in total. The molecule has 30 heavy (non-hydrogen) atoms. The molecule has 0 spiro atoms. The van der Waals surface area contributed by atoms with Crippen molar-refractivity contribution in [2.45, 2.75) is 32.9 Å². The minimum absolute atomic E-state index is 0.404. The molecular formula is C22H38N6O2. The minimum Gasteiger partial charge on any atom is -0.444 e. The number of nitrogens with zero attached hydrogens (tertiary/aromatic N) is 3. The fraction of sp³-hybridized carbons (Fsp3) is 0.636. The van der Waals surface area contributed by atoms with Crippen LogP contribution >= 0.6 is 0 Å². The van der Waals surface area contributed by atoms with E-state index < -0.39 is 11.7 Å². The number of guanidine groups is 1. The molecule has 1 aromatic carbocycles. The topological polar surface area (TPSA) is 81.2 Å². The first-order valence-corrected chi connectivity index (χ1v) is 10.8. The third-order valence-corrected chi connectivity index (χ3v) is 4.74. The summed E-state index contributed by atoms with van der Waals surface area (Å²) in [4.78, 5) is 20.8. The Labute approximate surface area is 181 Å². The molecule has 0 saturated carbocycles. The van der Waals surface area contributed by atoms with Crippen LogP contribution in [0.25, 0.3) is 0 Å². The second-order valence-corrected chi connectivity index (χ2v) is 8.46. The Morgan fingerprint density at radius 3 is 2.20 bits per heavy atom. The van der Waals surface area contributed by atoms with Gasteiger partial charge in [0.15, 0.2) is 5.96 Å². The average Bonchev–Trinajstić information content (AvgIpc) is 2.70. The van der Waals surface area contributed by atoms with E-state index in [-0.39, 0.29) is 0 Å². The highest BCUT2D eigenvalue weighted by Crippen LogP contribution is 2.08. The number of hydrogen-bond donors (Lipinski definition) is 3. The van der Waals surface area contributed by atoms with Crippen LogP contribution in [0.1, 0.15) is 26.3 Å². The standard InChI is InChI=1S/C22H38N6O2/c1-22(2,3)30-21(29)26-11-10-24-20(23-4)25-12-13-27-14-16-28(17-15-27)18-19-8-6-5-7-9-19/h5-9H,10-18H2,1-4H3,(H,26,29)(H2,23,24,25). The van der Waals surface area contributed by atoms with Gasteiger partial charge in [0.25, 0.3) is 0 Å². The van der Waals surface area contributed by atoms with Gasteiger partial charge in [-0.3, -0.25) is 14.8 Å². The van der Waals surface area contributed by atoms with E-state index in [4.69, 9.17) is 4.74 Å². The maximum atomic E-state index is 11.6. The molecule has 0 radical (unpaired) electrons. The van der Waals surface area contributed by atoms with Crippen molar-refractivity contribution >= 4 is 12.1 Å². The predicted octanol–water partition coefficient (Wildman–Crippen LogP) is 1.49. The lowest BCUT2D eigenvalue weighted by atomic mass is 10.2. The van der Waals surface area contributed by atoms with Gasteiger partial charge in [-0.1, -0.05) is 30.3 Å². The Kier molecular flexibility index (Phi) is 9.89. The van der Waals surface area contributed by atoms with Crippen LogP contribution in [0.4, 0.5) is 4.79 Å². The zero-order chi connectivity index (χ0) is 21.8. The van der Waals surface area contributed by atoms with E-state index >= 15 is 0 Å². The number of piperazine rings is 1. The van der Waals surface area contributed by atoms with Crippen LogP contribution in [0.15, 0.2) is 35.3 Å². The number of hydrogen-bond acceptors (Lipinski definition) is 5. The van der Waals surface area contributed by atoms with E-state index in [0.717, 1.165) is 51.8 Å². The number of ether oxygens (including phenoxy) is 1. The summed E-state index contributed by atoms with van der Waals surface area (Å²) in [5.74, 6) is 0.740. The lowest BCUT2D eigenvalue weighted by Crippen LogP contribution is -2.49. The Balaban J connectivity index is 1.54. The number of aliphatic imine (C=N–C) groups is 1. The zero-order valence-electron chi connectivity index (χ0n) is 18.9. The van der Waals surface area contributed by atoms with E-state index in [1.165, 1.54) is 5.56 Å². The van der Waals surface area contributed by atoms with Gasteiger partial charge in [-0.05, 0) is 26.3 Å². The first kappa shape index (κ1) is 24.0. The highest BCUT2D eigenvalue weighted by molar-refractivity contribution is 5.79. The Morgan fingerprint density at radius 2 is 1.57 bits per heavy atom. The maximum absolute atomic E-state index is 11.6. The van der Waals surface area contributed by atoms with Gasteiger partial charge in [-0.2, -0.15) is 0 Å². The fourth-order valence-corrected chi connectivity index (χ4v) is 3.23. The molecule has 168 valence electrons. The predicted molar refractivity (Wildman–Crippen MR) is 122 cm³/mol. The summed E-state index contributed by atoms with van der Waals surface area (Å²) in [7, 11) is 1.75. The molecule has 8 heteroatoms. The second-order valence-electron chi connectivity index (χ2n) is 8.46. The SMILES string of the molecule is CN=C(NCCNC(=O)OC(C)(C)C)NCCN1CCN(Cc2ccccc2)CC1. The largest absolute Gasteiger partial charge is 0.444 e. The van der Waals surface area contributed by atoms with E-state index in [1.807, 2.05) is 20.8 Å². The molecule has 1 saturated heterocycles. The first-order chi connectivity index (χ1) is 14.4. The van der Waals surface area contributed by atoms with Gasteiger partial charge in [-0.15, -0.1) is 0 Å². The van der Waals surface area contributed by atoms with Crippen molar-refractivity contribution in [2.75, 3.05) is 59.4 Å². The summed E-state index contributed by atoms with van der Waals surface area (Å²) in [6, 6.07) is 10.7. The van der Waals surface area contributed by atoms with E-state index in [2.05, 4.69) is 61.1 Å². The van der Waals surface area contributed by atoms with Crippen LogP contribution in [-0.2, 0) is 11.3 Å². The quantitative estimate of drug-likeness (QED) is 0.337. The summed E-state index contributed by atoms with van der Waals surface area (Å²) in [6.45, 7) is 13.8. The summed E-state index contributed by atoms with van der Waals surface area (Å²) in [6.07, 6.45) is -0.404. The molecule has 1 aliphatic rings. The van der Waals surface area contributed by atoms with E-state index in [1.54, 1.807) is 7.05 Å². The van der Waals surface area contributed by atoms with E-state index in [9.17, 15) is 4.79 Å². The second kappa shape index (κ2) is 12.4. The lowest BCUT2D eigenvalue weighted by molar-refractivity contribution is 0.0529. The zero-order valence-corrected chi connectivity index (χ0v) is 18.9. The Hall–Kier alpha value is -2.32. The monoisotopic (exact) mass is 418 g/mol. The summed E-state index contributed by atoms with van der Waals surface area (Å²) in [5, 5.41) is 9.26. The lowest BCUT2D eigenvalue weighted by Gasteiger charge is -2.34. The van der Waals surface area contributed by atoms with Crippen LogP contribution in [-0.4, -0.2) is 86.9 Å². The Morgan fingerprint density at radius 1 is 0.967 bits per heavy atom. The number of alkyl carbamates (subject to hydrolysis) is 1. The first-order valence-electron chi connectivity index (χ1n) is 10.8. The van der Waals surface area contributed by atoms with E-state index in [0.29, 0.717) is 13.1 Å². The molecule has 0 aliphatic carbocycles. The van der Waals surface area contributed by atoms with Crippen LogP contribution in [0, 0.1) is 0 Å². The van der Waals surface area contributed by atoms with Crippen molar-refractivity contribution in [3.8, 4) is 0 Å². The molecule has 1 heterocycles. The summed E-state index contributed by atoms with van der Waals surface area (Å²) >= 11 is 0. The van der Waals surface area contributed by atoms with Gasteiger partial charge in [0, 0.05) is 66.0 Å². The normalized spacial score (nSPS) is 16.2. The summed E-state index contributed by atoms with van der Waals surface area (Å²) in [5.41, 5.74) is 0.894. The van der Waals surface area contributed by atoms with Gasteiger partial charge in [0.2, 0.25) is 0 Å². The molecule has 1 aromatic rings. The van der Waals surface area contributed by atoms with Crippen LogP contribution < -0.4 is 16.0 Å². The van der Waals surface area contributed by atoms with Crippen molar-refractivity contribution in [3.05, 3.63) is 35.9 Å². The maximum Gasteiger partial charge on any atom is 0.407 e. The highest BCUT2D eigenvalue weighted by atomic mass is 16.6. The summed E-state index contributed by atoms with van der Waals surface area (Å²) < 4.78 is 5.21. The number of nitrogens with one attached hydrogen (secondary N) is 3. The molecule has 0 unspecified atom stereocenters. The van der Waals surface area contributed by atoms with Crippen LogP contribution in [0.5, 0.6) is 0 Å². The van der Waals surface area contributed by atoms with Gasteiger partial charge in [0.1, 0.15) is 5.60 Å². The van der Waals surface area contributed by atoms with Gasteiger partial charge >= 0.3 is 6.09 Å². The molecule has 0 bridgehead atoms. The smallest absolute Gasteiger partial charge is 0.407 e. The molecule has 1 amide bonds. The third kappa shape index (κ3) is 9.93. The van der Waals surface area contributed by atoms with Crippen LogP contribution in [0.2, 0.25) is 0 Å². The van der Waals surface area contributed by atoms with Crippen LogP contribution in [0.3, 0.4) is 0 Å². The number of amides is 1. The van der Waals surface area contributed by atoms with Crippen molar-refractivity contribution in [2.24, 2.45) is 4.99 Å². The molecule has 2 rings (SSSR count). The van der Waals surface area contributed by atoms with Crippen molar-refractivity contribution in [3.63, 3.8) is 0 Å². The number of carbonyl (C=O) groups is 1. The van der Waals surface area contributed by atoms with Gasteiger partial charge in [0.05, 0.1) is 0 Å². The molecule has 1 fully saturated rings. The molecule has 0 atom stereocenters. The van der Waals surface area contributed by atoms with Crippen molar-refractivity contribution < 1.29 is 9.53 Å². The minimum atomic E-state index is -0.484. The van der Waals surface area contributed by atoms with Crippen molar-refractivity contribution in [1.82, 2.24) is 25.8 Å². The average molecular weight is 419 g/mol. The molecule has 0 aromatic heterocycles.